The molecule has 3 aromatic rings. The second-order valence-electron chi connectivity index (χ2n) is 8.00. The van der Waals surface area contributed by atoms with E-state index in [1.54, 1.807) is 18.4 Å². The number of carbonyl (C=O) groups excluding carboxylic acids is 1. The number of amides is 1. The molecule has 1 N–H and O–H groups in total. The molecule has 1 aliphatic heterocycles. The van der Waals surface area contributed by atoms with E-state index in [1.165, 1.54) is 24.4 Å². The van der Waals surface area contributed by atoms with E-state index in [9.17, 15) is 4.79 Å². The molecule has 1 amide bonds. The van der Waals surface area contributed by atoms with Gasteiger partial charge in [0.25, 0.3) is 0 Å². The molecule has 3 aromatic heterocycles. The van der Waals surface area contributed by atoms with Crippen molar-refractivity contribution in [2.45, 2.75) is 32.0 Å². The van der Waals surface area contributed by atoms with Crippen LogP contribution < -0.4 is 10.2 Å². The number of halogens is 1. The number of aromatic nitrogens is 4. The Kier molecular flexibility index (Phi) is 6.82. The Hall–Kier alpha value is -2.52. The fourth-order valence-electron chi connectivity index (χ4n) is 3.90. The van der Waals surface area contributed by atoms with E-state index in [0.29, 0.717) is 34.4 Å². The number of anilines is 2. The fraction of sp³-hybridized carbons (Fsp3) is 0.429. The predicted octanol–water partition coefficient (Wildman–Crippen LogP) is 4.18. The third-order valence-electron chi connectivity index (χ3n) is 5.07. The molecular formula is C21H25ClN6O2S. The van der Waals surface area contributed by atoms with Gasteiger partial charge in [-0.3, -0.25) is 9.36 Å². The first-order valence-corrected chi connectivity index (χ1v) is 11.6. The van der Waals surface area contributed by atoms with Gasteiger partial charge in [0.1, 0.15) is 11.6 Å². The highest BCUT2D eigenvalue weighted by molar-refractivity contribution is 7.99. The highest BCUT2D eigenvalue weighted by atomic mass is 35.5. The van der Waals surface area contributed by atoms with E-state index < -0.39 is 0 Å². The minimum absolute atomic E-state index is 0.172. The van der Waals surface area contributed by atoms with Crippen LogP contribution in [-0.4, -0.2) is 44.5 Å². The zero-order valence-electron chi connectivity index (χ0n) is 17.5. The van der Waals surface area contributed by atoms with Crippen molar-refractivity contribution < 1.29 is 9.21 Å². The Balaban J connectivity index is 1.49. The highest BCUT2D eigenvalue weighted by Gasteiger charge is 2.27. The van der Waals surface area contributed by atoms with Gasteiger partial charge >= 0.3 is 0 Å². The summed E-state index contributed by atoms with van der Waals surface area (Å²) in [6.07, 6.45) is 4.37. The van der Waals surface area contributed by atoms with Crippen LogP contribution in [0.15, 0.2) is 46.3 Å². The molecular weight excluding hydrogens is 436 g/mol. The van der Waals surface area contributed by atoms with Crippen molar-refractivity contribution in [1.82, 2.24) is 19.7 Å². The second kappa shape index (κ2) is 9.74. The van der Waals surface area contributed by atoms with Crippen LogP contribution in [0.3, 0.4) is 0 Å². The van der Waals surface area contributed by atoms with Gasteiger partial charge in [-0.2, -0.15) is 0 Å². The Morgan fingerprint density at radius 3 is 2.74 bits per heavy atom. The summed E-state index contributed by atoms with van der Waals surface area (Å²) in [5, 5.41) is 12.8. The first-order valence-electron chi connectivity index (χ1n) is 10.2. The largest absolute Gasteiger partial charge is 0.467 e. The molecule has 4 heterocycles. The van der Waals surface area contributed by atoms with Crippen LogP contribution >= 0.6 is 23.4 Å². The SMILES string of the molecule is CC1CC(C)CN(c2nnc(SCC(=O)Nc3ccc(Cl)cn3)n2Cc2ccco2)C1. The van der Waals surface area contributed by atoms with Crippen molar-refractivity contribution in [3.05, 3.63) is 47.5 Å². The molecule has 0 bridgehead atoms. The van der Waals surface area contributed by atoms with Crippen molar-refractivity contribution in [2.24, 2.45) is 11.8 Å². The van der Waals surface area contributed by atoms with E-state index >= 15 is 0 Å². The number of hydrogen-bond donors (Lipinski definition) is 1. The Morgan fingerprint density at radius 2 is 2.06 bits per heavy atom. The molecule has 4 rings (SSSR count). The quantitative estimate of drug-likeness (QED) is 0.529. The van der Waals surface area contributed by atoms with Crippen LogP contribution in [0.1, 0.15) is 26.0 Å². The van der Waals surface area contributed by atoms with Gasteiger partial charge < -0.3 is 14.6 Å². The summed E-state index contributed by atoms with van der Waals surface area (Å²) in [4.78, 5) is 18.8. The number of piperidine rings is 1. The van der Waals surface area contributed by atoms with Gasteiger partial charge in [0.05, 0.1) is 23.6 Å². The second-order valence-corrected chi connectivity index (χ2v) is 9.38. The van der Waals surface area contributed by atoms with E-state index in [4.69, 9.17) is 16.0 Å². The summed E-state index contributed by atoms with van der Waals surface area (Å²) in [7, 11) is 0. The topological polar surface area (TPSA) is 89.1 Å². The molecule has 8 nitrogen and oxygen atoms in total. The molecule has 10 heteroatoms. The van der Waals surface area contributed by atoms with Crippen LogP contribution in [0.2, 0.25) is 5.02 Å². The van der Waals surface area contributed by atoms with E-state index in [1.807, 2.05) is 16.7 Å². The van der Waals surface area contributed by atoms with Gasteiger partial charge in [-0.1, -0.05) is 37.2 Å². The summed E-state index contributed by atoms with van der Waals surface area (Å²) in [6, 6.07) is 7.15. The van der Waals surface area contributed by atoms with Gasteiger partial charge in [-0.25, -0.2) is 4.98 Å². The molecule has 0 spiro atoms. The number of hydrogen-bond acceptors (Lipinski definition) is 7. The molecule has 1 aliphatic rings. The Labute approximate surface area is 190 Å². The maximum atomic E-state index is 12.4. The Bertz CT molecular complexity index is 998. The molecule has 0 aliphatic carbocycles. The third-order valence-corrected chi connectivity index (χ3v) is 6.26. The lowest BCUT2D eigenvalue weighted by molar-refractivity contribution is -0.113. The molecule has 2 unspecified atom stereocenters. The van der Waals surface area contributed by atoms with Crippen LogP contribution in [0, 0.1) is 11.8 Å². The standard InChI is InChI=1S/C21H25ClN6O2S/c1-14-8-15(2)11-27(10-14)20-25-26-21(28(20)12-17-4-3-7-30-17)31-13-19(29)24-18-6-5-16(22)9-23-18/h3-7,9,14-15H,8,10-13H2,1-2H3,(H,23,24,29). The van der Waals surface area contributed by atoms with Crippen LogP contribution in [0.5, 0.6) is 0 Å². The number of thioether (sulfide) groups is 1. The van der Waals surface area contributed by atoms with Crippen molar-refractivity contribution in [3.8, 4) is 0 Å². The van der Waals surface area contributed by atoms with E-state index in [0.717, 1.165) is 24.8 Å². The smallest absolute Gasteiger partial charge is 0.236 e. The molecule has 0 radical (unpaired) electrons. The van der Waals surface area contributed by atoms with E-state index in [-0.39, 0.29) is 11.7 Å². The van der Waals surface area contributed by atoms with Gasteiger partial charge in [-0.05, 0) is 42.5 Å². The lowest BCUT2D eigenvalue weighted by Gasteiger charge is -2.35. The lowest BCUT2D eigenvalue weighted by Crippen LogP contribution is -2.40. The first kappa shape index (κ1) is 21.7. The number of nitrogens with one attached hydrogen (secondary N) is 1. The highest BCUT2D eigenvalue weighted by Crippen LogP contribution is 2.29. The zero-order valence-corrected chi connectivity index (χ0v) is 19.1. The number of nitrogens with zero attached hydrogens (tertiary/aromatic N) is 5. The maximum absolute atomic E-state index is 12.4. The predicted molar refractivity (Wildman–Crippen MR) is 122 cm³/mol. The van der Waals surface area contributed by atoms with Crippen LogP contribution in [-0.2, 0) is 11.3 Å². The van der Waals surface area contributed by atoms with E-state index in [2.05, 4.69) is 39.2 Å². The molecule has 0 aromatic carbocycles. The summed E-state index contributed by atoms with van der Waals surface area (Å²) in [5.74, 6) is 3.29. The van der Waals surface area contributed by atoms with Crippen molar-refractivity contribution >= 4 is 41.0 Å². The first-order chi connectivity index (χ1) is 15.0. The molecule has 31 heavy (non-hydrogen) atoms. The monoisotopic (exact) mass is 460 g/mol. The number of carbonyl (C=O) groups is 1. The Morgan fingerprint density at radius 1 is 1.26 bits per heavy atom. The van der Waals surface area contributed by atoms with Gasteiger partial charge in [0.15, 0.2) is 5.16 Å². The van der Waals surface area contributed by atoms with Crippen molar-refractivity contribution in [2.75, 3.05) is 29.1 Å². The average molecular weight is 461 g/mol. The molecule has 0 saturated carbocycles. The summed E-state index contributed by atoms with van der Waals surface area (Å²) in [5.41, 5.74) is 0. The number of rotatable bonds is 7. The van der Waals surface area contributed by atoms with Crippen molar-refractivity contribution in [1.29, 1.82) is 0 Å². The maximum Gasteiger partial charge on any atom is 0.236 e. The summed E-state index contributed by atoms with van der Waals surface area (Å²) in [6.45, 7) is 6.92. The number of pyridine rings is 1. The minimum Gasteiger partial charge on any atom is -0.467 e. The van der Waals surface area contributed by atoms with Gasteiger partial charge in [0, 0.05) is 19.3 Å². The van der Waals surface area contributed by atoms with Gasteiger partial charge in [-0.15, -0.1) is 10.2 Å². The number of furan rings is 1. The lowest BCUT2D eigenvalue weighted by atomic mass is 9.92. The summed E-state index contributed by atoms with van der Waals surface area (Å²) >= 11 is 7.18. The normalized spacial score (nSPS) is 18.9. The molecule has 164 valence electrons. The van der Waals surface area contributed by atoms with Crippen LogP contribution in [0.4, 0.5) is 11.8 Å². The third kappa shape index (κ3) is 5.59. The molecule has 1 fully saturated rings. The summed E-state index contributed by atoms with van der Waals surface area (Å²) < 4.78 is 7.59. The van der Waals surface area contributed by atoms with Crippen molar-refractivity contribution in [3.63, 3.8) is 0 Å². The molecule has 1 saturated heterocycles. The minimum atomic E-state index is -0.172. The fourth-order valence-corrected chi connectivity index (χ4v) is 4.75. The van der Waals surface area contributed by atoms with Crippen LogP contribution in [0.25, 0.3) is 0 Å². The van der Waals surface area contributed by atoms with Gasteiger partial charge in [0.2, 0.25) is 11.9 Å². The molecule has 2 atom stereocenters. The average Bonchev–Trinajstić information content (AvgIpc) is 3.38. The zero-order chi connectivity index (χ0) is 21.8.